The highest BCUT2D eigenvalue weighted by Crippen LogP contribution is 2.23. The summed E-state index contributed by atoms with van der Waals surface area (Å²) in [6.45, 7) is 0. The van der Waals surface area contributed by atoms with Crippen LogP contribution in [0.15, 0.2) is 128 Å². The average molecular weight is 686 g/mol. The van der Waals surface area contributed by atoms with E-state index >= 15 is 0 Å². The molecule has 0 saturated heterocycles. The number of aromatic hydroxyl groups is 2. The Bertz CT molecular complexity index is 2250. The first kappa shape index (κ1) is 35.8. The Hall–Kier alpha value is -6.06. The predicted molar refractivity (Wildman–Crippen MR) is 190 cm³/mol. The van der Waals surface area contributed by atoms with Crippen molar-refractivity contribution in [3.05, 3.63) is 133 Å². The van der Waals surface area contributed by atoms with E-state index in [1.54, 1.807) is 12.4 Å². The summed E-state index contributed by atoms with van der Waals surface area (Å²) in [7, 11) is -4.67. The summed E-state index contributed by atoms with van der Waals surface area (Å²) in [4.78, 5) is 22.7. The molecular formula is C35H35N5O8S. The van der Waals surface area contributed by atoms with Crippen molar-refractivity contribution in [2.75, 3.05) is 0 Å². The van der Waals surface area contributed by atoms with Crippen molar-refractivity contribution >= 4 is 60.0 Å². The van der Waals surface area contributed by atoms with Crippen LogP contribution in [0.3, 0.4) is 0 Å². The number of nitrogens with one attached hydrogen (secondary N) is 4. The second-order valence-corrected chi connectivity index (χ2v) is 11.4. The molecule has 4 aromatic heterocycles. The molecule has 0 fully saturated rings. The number of hydrogen-bond acceptors (Lipinski definition) is 6. The third-order valence-corrected chi connectivity index (χ3v) is 7.03. The van der Waals surface area contributed by atoms with Crippen molar-refractivity contribution in [3.63, 3.8) is 0 Å². The lowest BCUT2D eigenvalue weighted by Crippen LogP contribution is -2.32. The zero-order chi connectivity index (χ0) is 35.4. The highest BCUT2D eigenvalue weighted by molar-refractivity contribution is 7.79. The Morgan fingerprint density at radius 3 is 1.49 bits per heavy atom. The third-order valence-electron chi connectivity index (χ3n) is 7.03. The molecule has 0 aliphatic heterocycles. The summed E-state index contributed by atoms with van der Waals surface area (Å²) in [5.41, 5.74) is 10.6. The number of carboxylic acids is 1. The highest BCUT2D eigenvalue weighted by Gasteiger charge is 2.14. The molecule has 8 aromatic rings. The van der Waals surface area contributed by atoms with Crippen LogP contribution in [-0.4, -0.2) is 64.8 Å². The minimum Gasteiger partial charge on any atom is -0.506 e. The Kier molecular flexibility index (Phi) is 12.2. The number of H-pyrrole nitrogens is 4. The summed E-state index contributed by atoms with van der Waals surface area (Å²) in [5, 5.41) is 31.1. The quantitative estimate of drug-likeness (QED) is 0.0926. The molecular weight excluding hydrogens is 650 g/mol. The lowest BCUT2D eigenvalue weighted by molar-refractivity contribution is -0.138. The first-order valence-electron chi connectivity index (χ1n) is 14.7. The maximum absolute atomic E-state index is 10.6. The molecule has 4 heterocycles. The minimum absolute atomic E-state index is 0.315. The van der Waals surface area contributed by atoms with Gasteiger partial charge in [0.1, 0.15) is 17.5 Å². The standard InChI is InChI=1S/C11H12N2O2.2C8H7NO.C8H7N.H2O4S/c12-9(11(14)15)5-7-6-13-10-4-2-1-3-8(7)10;2*10-8-5-9-7-4-2-1-3-6(7)8;1-2-4-8-7(3-1)5-6-9-8;1-5(2,3)4/h1-4,6,9,13H,5,12H2,(H,14,15);2*1-5,9-10H;1-6,9H;(H2,1,2,3,4)/t9-;;;;/m0..../s1. The summed E-state index contributed by atoms with van der Waals surface area (Å²) < 4.78 is 31.6. The van der Waals surface area contributed by atoms with E-state index in [4.69, 9.17) is 28.4 Å². The molecule has 4 aromatic carbocycles. The summed E-state index contributed by atoms with van der Waals surface area (Å²) in [6, 6.07) is 32.5. The fourth-order valence-corrected chi connectivity index (χ4v) is 4.73. The number of fused-ring (bicyclic) bond motifs is 4. The number of carbonyl (C=O) groups is 1. The van der Waals surface area contributed by atoms with Gasteiger partial charge >= 0.3 is 16.4 Å². The Morgan fingerprint density at radius 1 is 0.612 bits per heavy atom. The maximum Gasteiger partial charge on any atom is 0.394 e. The lowest BCUT2D eigenvalue weighted by atomic mass is 10.1. The monoisotopic (exact) mass is 685 g/mol. The molecule has 0 amide bonds. The van der Waals surface area contributed by atoms with Crippen LogP contribution in [-0.2, 0) is 21.6 Å². The van der Waals surface area contributed by atoms with Gasteiger partial charge in [-0.05, 0) is 53.4 Å². The van der Waals surface area contributed by atoms with E-state index in [1.165, 1.54) is 10.9 Å². The number of aromatic nitrogens is 4. The fraction of sp³-hybridized carbons (Fsp3) is 0.0571. The number of hydrogen-bond donors (Lipinski definition) is 10. The van der Waals surface area contributed by atoms with Gasteiger partial charge in [0.05, 0.1) is 0 Å². The van der Waals surface area contributed by atoms with Crippen LogP contribution in [0.5, 0.6) is 11.5 Å². The molecule has 13 nitrogen and oxygen atoms in total. The zero-order valence-corrected chi connectivity index (χ0v) is 26.7. The van der Waals surface area contributed by atoms with E-state index in [-0.39, 0.29) is 0 Å². The van der Waals surface area contributed by atoms with Gasteiger partial charge in [-0.25, -0.2) is 0 Å². The number of rotatable bonds is 3. The van der Waals surface area contributed by atoms with Crippen LogP contribution in [0.1, 0.15) is 5.56 Å². The van der Waals surface area contributed by atoms with Gasteiger partial charge in [0.25, 0.3) is 0 Å². The highest BCUT2D eigenvalue weighted by atomic mass is 32.3. The van der Waals surface area contributed by atoms with Crippen LogP contribution < -0.4 is 5.73 Å². The van der Waals surface area contributed by atoms with Gasteiger partial charge in [0.15, 0.2) is 0 Å². The first-order valence-corrected chi connectivity index (χ1v) is 16.1. The molecule has 8 rings (SSSR count). The fourth-order valence-electron chi connectivity index (χ4n) is 4.73. The number of aliphatic carboxylic acids is 1. The van der Waals surface area contributed by atoms with Crippen molar-refractivity contribution in [1.29, 1.82) is 0 Å². The smallest absolute Gasteiger partial charge is 0.394 e. The minimum atomic E-state index is -4.67. The second kappa shape index (κ2) is 16.7. The molecule has 0 aliphatic carbocycles. The van der Waals surface area contributed by atoms with Crippen LogP contribution in [0.4, 0.5) is 0 Å². The van der Waals surface area contributed by atoms with Gasteiger partial charge in [-0.1, -0.05) is 60.7 Å². The molecule has 0 radical (unpaired) electrons. The van der Waals surface area contributed by atoms with E-state index in [1.807, 2.05) is 97.3 Å². The third kappa shape index (κ3) is 10.7. The molecule has 11 N–H and O–H groups in total. The van der Waals surface area contributed by atoms with Gasteiger partial charge in [0, 0.05) is 69.4 Å². The van der Waals surface area contributed by atoms with E-state index in [0.29, 0.717) is 17.9 Å². The summed E-state index contributed by atoms with van der Waals surface area (Å²) in [5.74, 6) is -0.341. The normalized spacial score (nSPS) is 11.2. The number of nitrogens with two attached hydrogens (primary N) is 1. The van der Waals surface area contributed by atoms with Gasteiger partial charge in [-0.2, -0.15) is 8.42 Å². The van der Waals surface area contributed by atoms with Crippen molar-refractivity contribution in [2.24, 2.45) is 5.73 Å². The topological polar surface area (TPSA) is 242 Å². The largest absolute Gasteiger partial charge is 0.506 e. The zero-order valence-electron chi connectivity index (χ0n) is 25.9. The Labute approximate surface area is 280 Å². The molecule has 14 heteroatoms. The van der Waals surface area contributed by atoms with Gasteiger partial charge in [0.2, 0.25) is 0 Å². The predicted octanol–water partition coefficient (Wildman–Crippen LogP) is 6.38. The number of para-hydroxylation sites is 4. The van der Waals surface area contributed by atoms with Crippen LogP contribution in [0.2, 0.25) is 0 Å². The summed E-state index contributed by atoms with van der Waals surface area (Å²) >= 11 is 0. The number of carboxylic acid groups (broad SMARTS) is 1. The van der Waals surface area contributed by atoms with Crippen LogP contribution in [0, 0.1) is 0 Å². The van der Waals surface area contributed by atoms with Crippen LogP contribution >= 0.6 is 0 Å². The SMILES string of the molecule is N[C@@H](Cc1c[nH]c2ccccc12)C(=O)O.O=S(=O)(O)O.Oc1c[nH]c2ccccc12.Oc1c[nH]c2ccccc12.c1ccc2[nH]ccc2c1. The molecule has 0 saturated carbocycles. The maximum atomic E-state index is 10.6. The van der Waals surface area contributed by atoms with E-state index in [9.17, 15) is 15.0 Å². The average Bonchev–Trinajstić information content (AvgIpc) is 3.89. The molecule has 1 atom stereocenters. The molecule has 254 valence electrons. The Balaban J connectivity index is 0.000000143. The molecule has 0 spiro atoms. The molecule has 49 heavy (non-hydrogen) atoms. The van der Waals surface area contributed by atoms with Crippen molar-refractivity contribution in [1.82, 2.24) is 19.9 Å². The van der Waals surface area contributed by atoms with Crippen molar-refractivity contribution < 1.29 is 37.6 Å². The molecule has 0 unspecified atom stereocenters. The molecule has 0 bridgehead atoms. The van der Waals surface area contributed by atoms with Crippen molar-refractivity contribution in [2.45, 2.75) is 12.5 Å². The lowest BCUT2D eigenvalue weighted by Gasteiger charge is -2.04. The first-order chi connectivity index (χ1) is 23.4. The van der Waals surface area contributed by atoms with E-state index < -0.39 is 22.4 Å². The van der Waals surface area contributed by atoms with Gasteiger partial charge < -0.3 is 41.0 Å². The number of aromatic amines is 4. The van der Waals surface area contributed by atoms with Crippen LogP contribution in [0.25, 0.3) is 43.6 Å². The van der Waals surface area contributed by atoms with Crippen molar-refractivity contribution in [3.8, 4) is 11.5 Å². The molecule has 0 aliphatic rings. The summed E-state index contributed by atoms with van der Waals surface area (Å²) in [6.07, 6.45) is 7.28. The van der Waals surface area contributed by atoms with Gasteiger partial charge in [-0.15, -0.1) is 0 Å². The number of benzene rings is 4. The van der Waals surface area contributed by atoms with Gasteiger partial charge in [-0.3, -0.25) is 13.9 Å². The van der Waals surface area contributed by atoms with E-state index in [0.717, 1.165) is 38.3 Å². The van der Waals surface area contributed by atoms with E-state index in [2.05, 4.69) is 38.1 Å². The Morgan fingerprint density at radius 2 is 1.02 bits per heavy atom. The second-order valence-electron chi connectivity index (χ2n) is 10.5.